The molecule has 10 heteroatoms. The maximum atomic E-state index is 13.0. The summed E-state index contributed by atoms with van der Waals surface area (Å²) in [5.74, 6) is -1.38. The molecule has 1 fully saturated rings. The second kappa shape index (κ2) is 8.32. The highest BCUT2D eigenvalue weighted by atomic mass is 32.2. The Morgan fingerprint density at radius 2 is 1.93 bits per heavy atom. The first kappa shape index (κ1) is 21.0. The zero-order valence-corrected chi connectivity index (χ0v) is 17.6. The first-order valence-corrected chi connectivity index (χ1v) is 12.8. The van der Waals surface area contributed by atoms with Gasteiger partial charge in [0.1, 0.15) is 10.3 Å². The first-order valence-electron chi connectivity index (χ1n) is 8.58. The lowest BCUT2D eigenvalue weighted by molar-refractivity contribution is -0.143. The Hall–Kier alpha value is -1.75. The average Bonchev–Trinajstić information content (AvgIpc) is 3.30. The molecule has 0 aliphatic carbocycles. The summed E-state index contributed by atoms with van der Waals surface area (Å²) in [5.41, 5.74) is 0.851. The highest BCUT2D eigenvalue weighted by Crippen LogP contribution is 2.29. The van der Waals surface area contributed by atoms with E-state index >= 15 is 0 Å². The molecule has 0 amide bonds. The number of benzene rings is 1. The third kappa shape index (κ3) is 4.62. The van der Waals surface area contributed by atoms with E-state index in [4.69, 9.17) is 4.74 Å². The van der Waals surface area contributed by atoms with Crippen LogP contribution in [-0.2, 0) is 35.6 Å². The predicted molar refractivity (Wildman–Crippen MR) is 107 cm³/mol. The molecule has 1 aliphatic heterocycles. The van der Waals surface area contributed by atoms with Crippen LogP contribution in [-0.4, -0.2) is 58.8 Å². The minimum Gasteiger partial charge on any atom is -0.468 e. The molecule has 3 rings (SSSR count). The maximum Gasteiger partial charge on any atom is 0.323 e. The second-order valence-electron chi connectivity index (χ2n) is 6.63. The van der Waals surface area contributed by atoms with Crippen LogP contribution in [0.2, 0.25) is 0 Å². The van der Waals surface area contributed by atoms with Crippen LogP contribution in [0.1, 0.15) is 5.56 Å². The monoisotopic (exact) mass is 443 g/mol. The molecule has 3 atom stereocenters. The molecule has 0 radical (unpaired) electrons. The van der Waals surface area contributed by atoms with Gasteiger partial charge < -0.3 is 4.74 Å². The summed E-state index contributed by atoms with van der Waals surface area (Å²) < 4.78 is 55.4. The van der Waals surface area contributed by atoms with Crippen LogP contribution in [0.5, 0.6) is 0 Å². The van der Waals surface area contributed by atoms with Gasteiger partial charge in [0.2, 0.25) is 0 Å². The van der Waals surface area contributed by atoms with Crippen molar-refractivity contribution in [2.75, 3.05) is 18.6 Å². The van der Waals surface area contributed by atoms with E-state index in [0.29, 0.717) is 0 Å². The van der Waals surface area contributed by atoms with Crippen LogP contribution in [0.3, 0.4) is 0 Å². The van der Waals surface area contributed by atoms with Crippen molar-refractivity contribution < 1.29 is 26.4 Å². The number of hydrogen-bond acceptors (Lipinski definition) is 8. The van der Waals surface area contributed by atoms with E-state index in [-0.39, 0.29) is 16.4 Å². The van der Waals surface area contributed by atoms with Gasteiger partial charge in [-0.05, 0) is 23.4 Å². The number of carbonyl (C=O) groups excluding carboxylic acids is 1. The van der Waals surface area contributed by atoms with E-state index in [1.807, 2.05) is 30.3 Å². The molecule has 1 aliphatic rings. The number of esters is 1. The van der Waals surface area contributed by atoms with Gasteiger partial charge in [0.15, 0.2) is 19.7 Å². The summed E-state index contributed by atoms with van der Waals surface area (Å²) in [4.78, 5) is 12.3. The fourth-order valence-electron chi connectivity index (χ4n) is 3.31. The average molecular weight is 444 g/mol. The Balaban J connectivity index is 1.88. The lowest BCUT2D eigenvalue weighted by Crippen LogP contribution is -2.51. The number of rotatable bonds is 7. The minimum absolute atomic E-state index is 0.124. The minimum atomic E-state index is -3.84. The van der Waals surface area contributed by atoms with Crippen LogP contribution >= 0.6 is 11.3 Å². The van der Waals surface area contributed by atoms with Gasteiger partial charge in [0.25, 0.3) is 0 Å². The molecule has 1 aromatic heterocycles. The summed E-state index contributed by atoms with van der Waals surface area (Å²) in [7, 11) is -6.16. The zero-order valence-electron chi connectivity index (χ0n) is 15.1. The van der Waals surface area contributed by atoms with E-state index < -0.39 is 48.7 Å². The van der Waals surface area contributed by atoms with Gasteiger partial charge in [0, 0.05) is 6.04 Å². The molecule has 1 saturated heterocycles. The lowest BCUT2D eigenvalue weighted by Gasteiger charge is -2.24. The normalized spacial score (nSPS) is 22.6. The number of thiophene rings is 1. The molecule has 0 unspecified atom stereocenters. The van der Waals surface area contributed by atoms with Crippen molar-refractivity contribution >= 4 is 37.0 Å². The molecule has 2 aromatic rings. The smallest absolute Gasteiger partial charge is 0.323 e. The van der Waals surface area contributed by atoms with Crippen molar-refractivity contribution in [3.05, 3.63) is 53.4 Å². The molecule has 0 saturated carbocycles. The number of methoxy groups -OCH3 is 1. The van der Waals surface area contributed by atoms with Crippen molar-refractivity contribution in [3.63, 3.8) is 0 Å². The van der Waals surface area contributed by atoms with Gasteiger partial charge in [-0.15, -0.1) is 11.3 Å². The maximum absolute atomic E-state index is 13.0. The van der Waals surface area contributed by atoms with Crippen LogP contribution < -0.4 is 5.32 Å². The van der Waals surface area contributed by atoms with E-state index in [1.54, 1.807) is 11.4 Å². The molecule has 1 aromatic carbocycles. The molecule has 2 heterocycles. The quantitative estimate of drug-likeness (QED) is 0.638. The highest BCUT2D eigenvalue weighted by molar-refractivity contribution is 7.97. The lowest BCUT2D eigenvalue weighted by atomic mass is 10.0. The SMILES string of the molecule is COC(=O)[C@H](Cc1ccccc1)N[C@H]1CS(=O)(=O)C[C@@H]1S(=O)(=O)c1cccs1. The Morgan fingerprint density at radius 1 is 1.21 bits per heavy atom. The van der Waals surface area contributed by atoms with E-state index in [2.05, 4.69) is 5.32 Å². The summed E-state index contributed by atoms with van der Waals surface area (Å²) in [6, 6.07) is 10.5. The molecule has 7 nitrogen and oxygen atoms in total. The summed E-state index contributed by atoms with van der Waals surface area (Å²) >= 11 is 1.05. The fraction of sp³-hybridized carbons (Fsp3) is 0.389. The molecule has 0 spiro atoms. The summed E-state index contributed by atoms with van der Waals surface area (Å²) in [6.45, 7) is 0. The number of ether oxygens (including phenoxy) is 1. The van der Waals surface area contributed by atoms with Crippen molar-refractivity contribution in [1.82, 2.24) is 5.32 Å². The number of carbonyl (C=O) groups is 1. The van der Waals surface area contributed by atoms with E-state index in [1.165, 1.54) is 13.2 Å². The van der Waals surface area contributed by atoms with Gasteiger partial charge in [-0.2, -0.15) is 0 Å². The number of nitrogens with one attached hydrogen (secondary N) is 1. The van der Waals surface area contributed by atoms with Crippen LogP contribution in [0.4, 0.5) is 0 Å². The van der Waals surface area contributed by atoms with Crippen molar-refractivity contribution in [2.45, 2.75) is 28.0 Å². The molecular weight excluding hydrogens is 422 g/mol. The molecule has 152 valence electrons. The number of hydrogen-bond donors (Lipinski definition) is 1. The third-order valence-corrected chi connectivity index (χ3v) is 10.2. The Bertz CT molecular complexity index is 1020. The Morgan fingerprint density at radius 3 is 2.54 bits per heavy atom. The van der Waals surface area contributed by atoms with Gasteiger partial charge in [0.05, 0.1) is 23.9 Å². The van der Waals surface area contributed by atoms with Crippen LogP contribution in [0.15, 0.2) is 52.1 Å². The van der Waals surface area contributed by atoms with Crippen molar-refractivity contribution in [1.29, 1.82) is 0 Å². The number of sulfone groups is 2. The van der Waals surface area contributed by atoms with Gasteiger partial charge in [-0.3, -0.25) is 10.1 Å². The molecule has 1 N–H and O–H groups in total. The largest absolute Gasteiger partial charge is 0.468 e. The topological polar surface area (TPSA) is 107 Å². The highest BCUT2D eigenvalue weighted by Gasteiger charge is 2.47. The zero-order chi connectivity index (χ0) is 20.4. The van der Waals surface area contributed by atoms with Gasteiger partial charge in [-0.1, -0.05) is 36.4 Å². The second-order valence-corrected chi connectivity index (χ2v) is 12.1. The van der Waals surface area contributed by atoms with E-state index in [9.17, 15) is 21.6 Å². The van der Waals surface area contributed by atoms with E-state index in [0.717, 1.165) is 16.9 Å². The van der Waals surface area contributed by atoms with Crippen LogP contribution in [0.25, 0.3) is 0 Å². The van der Waals surface area contributed by atoms with Crippen molar-refractivity contribution in [3.8, 4) is 0 Å². The molecule has 28 heavy (non-hydrogen) atoms. The van der Waals surface area contributed by atoms with Gasteiger partial charge in [-0.25, -0.2) is 16.8 Å². The fourth-order valence-corrected chi connectivity index (χ4v) is 9.21. The van der Waals surface area contributed by atoms with Crippen molar-refractivity contribution in [2.24, 2.45) is 0 Å². The Kier molecular flexibility index (Phi) is 6.23. The predicted octanol–water partition coefficient (Wildman–Crippen LogP) is 1.06. The Labute approximate surface area is 168 Å². The molecule has 0 bridgehead atoms. The van der Waals surface area contributed by atoms with Crippen LogP contribution in [0, 0.1) is 0 Å². The standard InChI is InChI=1S/C18H21NO6S3/c1-25-18(20)14(10-13-6-3-2-4-7-13)19-15-11-27(21,22)12-16(15)28(23,24)17-8-5-9-26-17/h2-9,14-16,19H,10-12H2,1H3/t14-,15-,16-/m0/s1. The third-order valence-electron chi connectivity index (χ3n) is 4.66. The molecular formula is C18H21NO6S3. The first-order chi connectivity index (χ1) is 13.2. The van der Waals surface area contributed by atoms with Gasteiger partial charge >= 0.3 is 5.97 Å². The summed E-state index contributed by atoms with van der Waals surface area (Å²) in [6.07, 6.45) is 0.260. The summed E-state index contributed by atoms with van der Waals surface area (Å²) in [5, 5.41) is 3.44.